The standard InChI is InChI=1S/C7H14N2O/c1-8-7(10)5-4-6-9(2)3/h4-5H,6H2,1-3H3,(H,8,10)/b5-4+. The number of amides is 1. The number of rotatable bonds is 3. The van der Waals surface area contributed by atoms with E-state index in [1.165, 1.54) is 6.08 Å². The first-order valence-corrected chi connectivity index (χ1v) is 3.20. The predicted octanol–water partition coefficient (Wildman–Crippen LogP) is -0.150. The van der Waals surface area contributed by atoms with E-state index in [4.69, 9.17) is 0 Å². The number of carbonyl (C=O) groups is 1. The van der Waals surface area contributed by atoms with Crippen LogP contribution in [0.4, 0.5) is 0 Å². The highest BCUT2D eigenvalue weighted by atomic mass is 16.1. The lowest BCUT2D eigenvalue weighted by atomic mass is 10.4. The van der Waals surface area contributed by atoms with Crippen LogP contribution >= 0.6 is 0 Å². The topological polar surface area (TPSA) is 32.3 Å². The van der Waals surface area contributed by atoms with Crippen LogP contribution in [-0.2, 0) is 4.79 Å². The fourth-order valence-electron chi connectivity index (χ4n) is 0.454. The van der Waals surface area contributed by atoms with Gasteiger partial charge in [0.25, 0.3) is 0 Å². The molecule has 0 aliphatic carbocycles. The quantitative estimate of drug-likeness (QED) is 0.556. The average molecular weight is 142 g/mol. The first-order chi connectivity index (χ1) is 4.66. The maximum Gasteiger partial charge on any atom is 0.243 e. The summed E-state index contributed by atoms with van der Waals surface area (Å²) >= 11 is 0. The molecule has 58 valence electrons. The molecule has 0 bridgehead atoms. The van der Waals surface area contributed by atoms with Gasteiger partial charge in [0.2, 0.25) is 5.91 Å². The van der Waals surface area contributed by atoms with Crippen LogP contribution in [0.1, 0.15) is 0 Å². The van der Waals surface area contributed by atoms with Crippen molar-refractivity contribution in [1.29, 1.82) is 0 Å². The van der Waals surface area contributed by atoms with Crippen molar-refractivity contribution < 1.29 is 4.79 Å². The molecule has 10 heavy (non-hydrogen) atoms. The van der Waals surface area contributed by atoms with Crippen molar-refractivity contribution in [1.82, 2.24) is 10.2 Å². The minimum atomic E-state index is -0.0538. The molecule has 0 aromatic heterocycles. The Balaban J connectivity index is 3.46. The minimum absolute atomic E-state index is 0.0538. The molecule has 0 fully saturated rings. The SMILES string of the molecule is CNC(=O)/C=C/CN(C)C. The molecular formula is C7H14N2O. The fraction of sp³-hybridized carbons (Fsp3) is 0.571. The van der Waals surface area contributed by atoms with E-state index in [2.05, 4.69) is 5.32 Å². The third-order valence-corrected chi connectivity index (χ3v) is 0.986. The van der Waals surface area contributed by atoms with Gasteiger partial charge in [-0.05, 0) is 14.1 Å². The van der Waals surface area contributed by atoms with Crippen LogP contribution in [0.2, 0.25) is 0 Å². The van der Waals surface area contributed by atoms with Gasteiger partial charge in [0, 0.05) is 19.7 Å². The maximum atomic E-state index is 10.6. The highest BCUT2D eigenvalue weighted by molar-refractivity contribution is 5.87. The van der Waals surface area contributed by atoms with Crippen LogP contribution in [0.25, 0.3) is 0 Å². The molecule has 3 nitrogen and oxygen atoms in total. The zero-order valence-electron chi connectivity index (χ0n) is 6.72. The Morgan fingerprint density at radius 1 is 1.60 bits per heavy atom. The molecule has 0 unspecified atom stereocenters. The summed E-state index contributed by atoms with van der Waals surface area (Å²) in [6.45, 7) is 0.799. The van der Waals surface area contributed by atoms with Gasteiger partial charge in [0.1, 0.15) is 0 Å². The summed E-state index contributed by atoms with van der Waals surface area (Å²) in [5.74, 6) is -0.0538. The zero-order valence-corrected chi connectivity index (χ0v) is 6.72. The normalized spacial score (nSPS) is 10.8. The van der Waals surface area contributed by atoms with Crippen molar-refractivity contribution >= 4 is 5.91 Å². The van der Waals surface area contributed by atoms with Gasteiger partial charge < -0.3 is 10.2 Å². The molecule has 0 aliphatic rings. The highest BCUT2D eigenvalue weighted by Gasteiger charge is 1.87. The van der Waals surface area contributed by atoms with Crippen molar-refractivity contribution in [3.8, 4) is 0 Å². The van der Waals surface area contributed by atoms with Crippen molar-refractivity contribution in [2.75, 3.05) is 27.7 Å². The van der Waals surface area contributed by atoms with Gasteiger partial charge in [-0.3, -0.25) is 4.79 Å². The lowest BCUT2D eigenvalue weighted by Crippen LogP contribution is -2.16. The molecule has 0 atom stereocenters. The highest BCUT2D eigenvalue weighted by Crippen LogP contribution is 1.76. The predicted molar refractivity (Wildman–Crippen MR) is 41.8 cm³/mol. The molecule has 0 heterocycles. The number of carbonyl (C=O) groups excluding carboxylic acids is 1. The van der Waals surface area contributed by atoms with Gasteiger partial charge in [-0.25, -0.2) is 0 Å². The Hall–Kier alpha value is -0.830. The Morgan fingerprint density at radius 2 is 2.20 bits per heavy atom. The summed E-state index contributed by atoms with van der Waals surface area (Å²) in [7, 11) is 5.52. The molecule has 0 aromatic carbocycles. The van der Waals surface area contributed by atoms with Crippen molar-refractivity contribution in [2.24, 2.45) is 0 Å². The van der Waals surface area contributed by atoms with E-state index in [0.29, 0.717) is 0 Å². The Morgan fingerprint density at radius 3 is 2.60 bits per heavy atom. The van der Waals surface area contributed by atoms with E-state index in [0.717, 1.165) is 6.54 Å². The minimum Gasteiger partial charge on any atom is -0.356 e. The van der Waals surface area contributed by atoms with Gasteiger partial charge in [0.15, 0.2) is 0 Å². The summed E-state index contributed by atoms with van der Waals surface area (Å²) in [6, 6.07) is 0. The molecule has 0 rings (SSSR count). The van der Waals surface area contributed by atoms with Crippen LogP contribution in [0, 0.1) is 0 Å². The first kappa shape index (κ1) is 9.17. The summed E-state index contributed by atoms with van der Waals surface area (Å²) in [5, 5.41) is 2.49. The summed E-state index contributed by atoms with van der Waals surface area (Å²) in [6.07, 6.45) is 3.35. The van der Waals surface area contributed by atoms with Crippen LogP contribution in [0.5, 0.6) is 0 Å². The molecule has 3 heteroatoms. The lowest BCUT2D eigenvalue weighted by Gasteiger charge is -2.02. The molecule has 1 amide bonds. The van der Waals surface area contributed by atoms with Gasteiger partial charge in [0.05, 0.1) is 0 Å². The molecular weight excluding hydrogens is 128 g/mol. The van der Waals surface area contributed by atoms with Crippen LogP contribution in [0.15, 0.2) is 12.2 Å². The van der Waals surface area contributed by atoms with Gasteiger partial charge in [-0.2, -0.15) is 0 Å². The molecule has 0 aromatic rings. The second-order valence-electron chi connectivity index (χ2n) is 2.28. The maximum absolute atomic E-state index is 10.6. The molecule has 0 radical (unpaired) electrons. The number of hydrogen-bond donors (Lipinski definition) is 1. The lowest BCUT2D eigenvalue weighted by molar-refractivity contribution is -0.116. The smallest absolute Gasteiger partial charge is 0.243 e. The Kier molecular flexibility index (Phi) is 4.58. The number of hydrogen-bond acceptors (Lipinski definition) is 2. The number of likely N-dealkylation sites (N-methyl/N-ethyl adjacent to an activating group) is 2. The largest absolute Gasteiger partial charge is 0.356 e. The average Bonchev–Trinajstić information content (AvgIpc) is 1.87. The zero-order chi connectivity index (χ0) is 7.98. The van der Waals surface area contributed by atoms with Gasteiger partial charge >= 0.3 is 0 Å². The monoisotopic (exact) mass is 142 g/mol. The van der Waals surface area contributed by atoms with Crippen LogP contribution < -0.4 is 5.32 Å². The first-order valence-electron chi connectivity index (χ1n) is 3.20. The third kappa shape index (κ3) is 5.31. The molecule has 0 spiro atoms. The van der Waals surface area contributed by atoms with E-state index in [1.54, 1.807) is 7.05 Å². The molecule has 1 N–H and O–H groups in total. The Bertz CT molecular complexity index is 130. The molecule has 0 aliphatic heterocycles. The van der Waals surface area contributed by atoms with E-state index in [9.17, 15) is 4.79 Å². The van der Waals surface area contributed by atoms with Crippen molar-refractivity contribution in [3.05, 3.63) is 12.2 Å². The van der Waals surface area contributed by atoms with E-state index in [1.807, 2.05) is 25.1 Å². The molecule has 0 saturated heterocycles. The van der Waals surface area contributed by atoms with Crippen molar-refractivity contribution in [3.63, 3.8) is 0 Å². The Labute approximate surface area is 61.7 Å². The third-order valence-electron chi connectivity index (χ3n) is 0.986. The van der Waals surface area contributed by atoms with Crippen LogP contribution in [0.3, 0.4) is 0 Å². The summed E-state index contributed by atoms with van der Waals surface area (Å²) < 4.78 is 0. The van der Waals surface area contributed by atoms with E-state index >= 15 is 0 Å². The van der Waals surface area contributed by atoms with Gasteiger partial charge in [-0.1, -0.05) is 6.08 Å². The molecule has 0 saturated carbocycles. The number of nitrogens with zero attached hydrogens (tertiary/aromatic N) is 1. The van der Waals surface area contributed by atoms with E-state index < -0.39 is 0 Å². The van der Waals surface area contributed by atoms with E-state index in [-0.39, 0.29) is 5.91 Å². The second kappa shape index (κ2) is 4.99. The number of nitrogens with one attached hydrogen (secondary N) is 1. The van der Waals surface area contributed by atoms with Crippen molar-refractivity contribution in [2.45, 2.75) is 0 Å². The summed E-state index contributed by atoms with van der Waals surface area (Å²) in [5.41, 5.74) is 0. The second-order valence-corrected chi connectivity index (χ2v) is 2.28. The fourth-order valence-corrected chi connectivity index (χ4v) is 0.454. The van der Waals surface area contributed by atoms with Gasteiger partial charge in [-0.15, -0.1) is 0 Å². The van der Waals surface area contributed by atoms with Crippen LogP contribution in [-0.4, -0.2) is 38.5 Å². The summed E-state index contributed by atoms with van der Waals surface area (Å²) in [4.78, 5) is 12.6.